The Morgan fingerprint density at radius 2 is 2.00 bits per heavy atom. The Bertz CT molecular complexity index is 566. The average molecular weight is 386 g/mol. The topological polar surface area (TPSA) is 61.4 Å². The van der Waals surface area contributed by atoms with Crippen LogP contribution in [0.2, 0.25) is 0 Å². The van der Waals surface area contributed by atoms with Crippen LogP contribution in [-0.2, 0) is 9.59 Å². The number of rotatable bonds is 6. The first kappa shape index (κ1) is 21.8. The highest BCUT2D eigenvalue weighted by atomic mass is 35.5. The summed E-state index contributed by atoms with van der Waals surface area (Å²) in [7, 11) is 1.96. The van der Waals surface area contributed by atoms with Crippen molar-refractivity contribution in [2.45, 2.75) is 36.8 Å². The standard InChI is InChI=1S/C18H27N3O2S.ClH/c1-13(18(23)21-10-4-5-15(12-21)11-19-3)24-17-8-6-16(7-9-17)20-14(2)22;/h6-9,13,15,19H,4-5,10-12H2,1-3H3,(H,20,22);1H. The summed E-state index contributed by atoms with van der Waals surface area (Å²) in [5, 5.41) is 5.85. The van der Waals surface area contributed by atoms with Crippen LogP contribution in [0.4, 0.5) is 5.69 Å². The molecular weight excluding hydrogens is 358 g/mol. The van der Waals surface area contributed by atoms with Crippen LogP contribution in [0.5, 0.6) is 0 Å². The molecule has 2 atom stereocenters. The fraction of sp³-hybridized carbons (Fsp3) is 0.556. The molecule has 2 unspecified atom stereocenters. The number of nitrogens with zero attached hydrogens (tertiary/aromatic N) is 1. The number of benzene rings is 1. The van der Waals surface area contributed by atoms with E-state index in [1.807, 2.05) is 43.1 Å². The van der Waals surface area contributed by atoms with Crippen molar-refractivity contribution in [2.75, 3.05) is 32.0 Å². The molecule has 1 aliphatic rings. The van der Waals surface area contributed by atoms with Crippen LogP contribution in [0, 0.1) is 5.92 Å². The first-order chi connectivity index (χ1) is 11.5. The maximum absolute atomic E-state index is 12.7. The molecule has 2 rings (SSSR count). The molecule has 1 heterocycles. The van der Waals surface area contributed by atoms with Gasteiger partial charge in [-0.2, -0.15) is 0 Å². The van der Waals surface area contributed by atoms with Gasteiger partial charge in [0.2, 0.25) is 11.8 Å². The lowest BCUT2D eigenvalue weighted by Gasteiger charge is -2.34. The SMILES string of the molecule is CNCC1CCCN(C(=O)C(C)Sc2ccc(NC(C)=O)cc2)C1.Cl. The van der Waals surface area contributed by atoms with Crippen molar-refractivity contribution >= 4 is 41.7 Å². The Hall–Kier alpha value is -1.24. The Labute approximate surface area is 160 Å². The van der Waals surface area contributed by atoms with Crippen molar-refractivity contribution in [3.63, 3.8) is 0 Å². The molecule has 1 aliphatic heterocycles. The summed E-state index contributed by atoms with van der Waals surface area (Å²) in [6.45, 7) is 6.15. The molecule has 1 fully saturated rings. The van der Waals surface area contributed by atoms with Gasteiger partial charge >= 0.3 is 0 Å². The zero-order valence-corrected chi connectivity index (χ0v) is 16.7. The lowest BCUT2D eigenvalue weighted by atomic mass is 9.98. The average Bonchev–Trinajstić information content (AvgIpc) is 2.56. The maximum atomic E-state index is 12.7. The van der Waals surface area contributed by atoms with Gasteiger partial charge in [0.25, 0.3) is 0 Å². The zero-order chi connectivity index (χ0) is 17.5. The van der Waals surface area contributed by atoms with Gasteiger partial charge in [0.15, 0.2) is 0 Å². The first-order valence-corrected chi connectivity index (χ1v) is 9.35. The third kappa shape index (κ3) is 6.88. The van der Waals surface area contributed by atoms with E-state index in [2.05, 4.69) is 10.6 Å². The number of piperidine rings is 1. The van der Waals surface area contributed by atoms with E-state index >= 15 is 0 Å². The van der Waals surface area contributed by atoms with Crippen LogP contribution in [0.15, 0.2) is 29.2 Å². The molecule has 7 heteroatoms. The van der Waals surface area contributed by atoms with Crippen molar-refractivity contribution < 1.29 is 9.59 Å². The quantitative estimate of drug-likeness (QED) is 0.739. The number of likely N-dealkylation sites (tertiary alicyclic amines) is 1. The molecule has 0 saturated carbocycles. The maximum Gasteiger partial charge on any atom is 0.235 e. The number of hydrogen-bond acceptors (Lipinski definition) is 4. The minimum Gasteiger partial charge on any atom is -0.341 e. The van der Waals surface area contributed by atoms with Gasteiger partial charge in [0, 0.05) is 30.6 Å². The molecule has 2 amide bonds. The Morgan fingerprint density at radius 3 is 2.60 bits per heavy atom. The highest BCUT2D eigenvalue weighted by Crippen LogP contribution is 2.27. The van der Waals surface area contributed by atoms with E-state index in [4.69, 9.17) is 0 Å². The number of carbonyl (C=O) groups is 2. The fourth-order valence-electron chi connectivity index (χ4n) is 3.05. The van der Waals surface area contributed by atoms with E-state index in [-0.39, 0.29) is 29.5 Å². The lowest BCUT2D eigenvalue weighted by Crippen LogP contribution is -2.45. The summed E-state index contributed by atoms with van der Waals surface area (Å²) < 4.78 is 0. The summed E-state index contributed by atoms with van der Waals surface area (Å²) in [6.07, 6.45) is 2.28. The van der Waals surface area contributed by atoms with E-state index in [1.165, 1.54) is 13.3 Å². The van der Waals surface area contributed by atoms with Crippen LogP contribution >= 0.6 is 24.2 Å². The van der Waals surface area contributed by atoms with Crippen LogP contribution < -0.4 is 10.6 Å². The molecule has 5 nitrogen and oxygen atoms in total. The molecular formula is C18H28ClN3O2S. The van der Waals surface area contributed by atoms with Gasteiger partial charge < -0.3 is 15.5 Å². The van der Waals surface area contributed by atoms with E-state index in [0.29, 0.717) is 5.92 Å². The van der Waals surface area contributed by atoms with Crippen LogP contribution in [0.3, 0.4) is 0 Å². The van der Waals surface area contributed by atoms with E-state index in [9.17, 15) is 9.59 Å². The van der Waals surface area contributed by atoms with E-state index in [1.54, 1.807) is 11.8 Å². The summed E-state index contributed by atoms with van der Waals surface area (Å²) in [5.74, 6) is 0.689. The molecule has 140 valence electrons. The van der Waals surface area contributed by atoms with Crippen molar-refractivity contribution in [1.82, 2.24) is 10.2 Å². The Morgan fingerprint density at radius 1 is 1.32 bits per heavy atom. The van der Waals surface area contributed by atoms with Gasteiger partial charge in [-0.25, -0.2) is 0 Å². The molecule has 0 bridgehead atoms. The van der Waals surface area contributed by atoms with Gasteiger partial charge in [0.1, 0.15) is 0 Å². The number of amides is 2. The minimum absolute atomic E-state index is 0. The number of hydrogen-bond donors (Lipinski definition) is 2. The normalized spacial score (nSPS) is 18.2. The predicted octanol–water partition coefficient (Wildman–Crippen LogP) is 3.01. The van der Waals surface area contributed by atoms with Crippen molar-refractivity contribution in [3.05, 3.63) is 24.3 Å². The van der Waals surface area contributed by atoms with Crippen LogP contribution in [0.25, 0.3) is 0 Å². The number of nitrogens with one attached hydrogen (secondary N) is 2. The zero-order valence-electron chi connectivity index (χ0n) is 15.1. The summed E-state index contributed by atoms with van der Waals surface area (Å²) in [4.78, 5) is 26.8. The van der Waals surface area contributed by atoms with Gasteiger partial charge in [-0.05, 0) is 63.5 Å². The minimum atomic E-state index is -0.107. The second kappa shape index (κ2) is 10.7. The Kier molecular flexibility index (Phi) is 9.32. The lowest BCUT2D eigenvalue weighted by molar-refractivity contribution is -0.132. The van der Waals surface area contributed by atoms with Crippen LogP contribution in [-0.4, -0.2) is 48.6 Å². The van der Waals surface area contributed by atoms with E-state index < -0.39 is 0 Å². The fourth-order valence-corrected chi connectivity index (χ4v) is 4.00. The molecule has 0 aromatic heterocycles. The summed E-state index contributed by atoms with van der Waals surface area (Å²) in [6, 6.07) is 7.62. The van der Waals surface area contributed by atoms with Gasteiger partial charge in [0.05, 0.1) is 5.25 Å². The molecule has 1 aromatic rings. The van der Waals surface area contributed by atoms with Crippen molar-refractivity contribution in [3.8, 4) is 0 Å². The molecule has 0 spiro atoms. The molecule has 2 N–H and O–H groups in total. The molecule has 0 radical (unpaired) electrons. The van der Waals surface area contributed by atoms with Crippen LogP contribution in [0.1, 0.15) is 26.7 Å². The number of halogens is 1. The number of anilines is 1. The van der Waals surface area contributed by atoms with E-state index in [0.717, 1.165) is 36.6 Å². The smallest absolute Gasteiger partial charge is 0.235 e. The first-order valence-electron chi connectivity index (χ1n) is 8.47. The third-order valence-corrected chi connectivity index (χ3v) is 5.26. The monoisotopic (exact) mass is 385 g/mol. The molecule has 1 aromatic carbocycles. The second-order valence-corrected chi connectivity index (χ2v) is 7.73. The molecule has 25 heavy (non-hydrogen) atoms. The Balaban J connectivity index is 0.00000312. The van der Waals surface area contributed by atoms with Gasteiger partial charge in [-0.15, -0.1) is 24.2 Å². The van der Waals surface area contributed by atoms with Crippen molar-refractivity contribution in [1.29, 1.82) is 0 Å². The highest BCUT2D eigenvalue weighted by molar-refractivity contribution is 8.00. The number of thioether (sulfide) groups is 1. The highest BCUT2D eigenvalue weighted by Gasteiger charge is 2.26. The summed E-state index contributed by atoms with van der Waals surface area (Å²) >= 11 is 1.57. The third-order valence-electron chi connectivity index (χ3n) is 4.16. The van der Waals surface area contributed by atoms with Gasteiger partial charge in [-0.3, -0.25) is 9.59 Å². The molecule has 1 saturated heterocycles. The largest absolute Gasteiger partial charge is 0.341 e. The predicted molar refractivity (Wildman–Crippen MR) is 107 cm³/mol. The van der Waals surface area contributed by atoms with Crippen molar-refractivity contribution in [2.24, 2.45) is 5.92 Å². The second-order valence-electron chi connectivity index (χ2n) is 6.32. The number of carbonyl (C=O) groups excluding carboxylic acids is 2. The molecule has 0 aliphatic carbocycles. The summed E-state index contributed by atoms with van der Waals surface area (Å²) in [5.41, 5.74) is 0.775. The van der Waals surface area contributed by atoms with Gasteiger partial charge in [-0.1, -0.05) is 0 Å².